The van der Waals surface area contributed by atoms with Crippen molar-refractivity contribution in [2.75, 3.05) is 0 Å². The molecule has 0 radical (unpaired) electrons. The fourth-order valence-corrected chi connectivity index (χ4v) is 0.973. The van der Waals surface area contributed by atoms with E-state index in [9.17, 15) is 0 Å². The zero-order valence-electron chi connectivity index (χ0n) is 5.51. The third-order valence-electron chi connectivity index (χ3n) is 1.50. The molecule has 1 saturated heterocycles. The molecule has 0 amide bonds. The Morgan fingerprint density at radius 1 is 1.62 bits per heavy atom. The summed E-state index contributed by atoms with van der Waals surface area (Å²) in [7, 11) is 0. The maximum Gasteiger partial charge on any atom is 0.112 e. The minimum Gasteiger partial charge on any atom is -0.391 e. The zero-order chi connectivity index (χ0) is 6.36. The van der Waals surface area contributed by atoms with Gasteiger partial charge >= 0.3 is 0 Å². The summed E-state index contributed by atoms with van der Waals surface area (Å²) in [4.78, 5) is 0. The monoisotopic (exact) mass is 116 g/mol. The van der Waals surface area contributed by atoms with Crippen molar-refractivity contribution < 1.29 is 9.84 Å². The third kappa shape index (κ3) is 0.858. The Kier molecular flexibility index (Phi) is 1.10. The summed E-state index contributed by atoms with van der Waals surface area (Å²) >= 11 is 0. The predicted molar refractivity (Wildman–Crippen MR) is 30.6 cm³/mol. The van der Waals surface area contributed by atoms with Crippen molar-refractivity contribution in [3.05, 3.63) is 0 Å². The van der Waals surface area contributed by atoms with Gasteiger partial charge in [0.1, 0.15) is 6.10 Å². The molecule has 1 N–H and O–H groups in total. The van der Waals surface area contributed by atoms with Crippen molar-refractivity contribution in [1.82, 2.24) is 0 Å². The Morgan fingerprint density at radius 2 is 2.00 bits per heavy atom. The van der Waals surface area contributed by atoms with Crippen LogP contribution in [0.1, 0.15) is 20.8 Å². The van der Waals surface area contributed by atoms with Gasteiger partial charge in [-0.25, -0.2) is 0 Å². The van der Waals surface area contributed by atoms with E-state index < -0.39 is 0 Å². The largest absolute Gasteiger partial charge is 0.391 e. The van der Waals surface area contributed by atoms with E-state index in [-0.39, 0.29) is 17.8 Å². The maximum absolute atomic E-state index is 8.90. The number of aliphatic hydroxyl groups is 1. The number of aliphatic hydroxyl groups excluding tert-OH is 1. The van der Waals surface area contributed by atoms with Crippen LogP contribution in [0.5, 0.6) is 0 Å². The van der Waals surface area contributed by atoms with Crippen LogP contribution in [-0.4, -0.2) is 22.9 Å². The summed E-state index contributed by atoms with van der Waals surface area (Å²) in [6, 6.07) is 0. The topological polar surface area (TPSA) is 32.8 Å². The molecule has 0 aromatic rings. The summed E-state index contributed by atoms with van der Waals surface area (Å²) in [5.41, 5.74) is -0.0613. The molecule has 0 bridgehead atoms. The average Bonchev–Trinajstić information content (AvgIpc) is 2.13. The molecule has 0 aliphatic carbocycles. The van der Waals surface area contributed by atoms with E-state index in [2.05, 4.69) is 0 Å². The molecule has 1 aliphatic rings. The Balaban J connectivity index is 2.37. The van der Waals surface area contributed by atoms with Crippen molar-refractivity contribution in [3.8, 4) is 0 Å². The second kappa shape index (κ2) is 1.45. The quantitative estimate of drug-likeness (QED) is 0.507. The molecule has 48 valence electrons. The van der Waals surface area contributed by atoms with Crippen LogP contribution in [0.25, 0.3) is 0 Å². The summed E-state index contributed by atoms with van der Waals surface area (Å²) in [6.45, 7) is 5.70. The molecule has 8 heavy (non-hydrogen) atoms. The Bertz CT molecular complexity index is 96.7. The SMILES string of the molecule is CC(O)C1OC1(C)C. The number of rotatable bonds is 1. The van der Waals surface area contributed by atoms with Crippen molar-refractivity contribution in [3.63, 3.8) is 0 Å². The zero-order valence-corrected chi connectivity index (χ0v) is 5.51. The van der Waals surface area contributed by atoms with Gasteiger partial charge in [-0.15, -0.1) is 0 Å². The van der Waals surface area contributed by atoms with Crippen LogP contribution in [0.15, 0.2) is 0 Å². The van der Waals surface area contributed by atoms with E-state index in [0.29, 0.717) is 0 Å². The lowest BCUT2D eigenvalue weighted by molar-refractivity contribution is 0.152. The maximum atomic E-state index is 8.90. The fraction of sp³-hybridized carbons (Fsp3) is 1.00. The summed E-state index contributed by atoms with van der Waals surface area (Å²) in [5, 5.41) is 8.90. The highest BCUT2D eigenvalue weighted by Crippen LogP contribution is 2.37. The molecule has 0 spiro atoms. The molecule has 2 atom stereocenters. The van der Waals surface area contributed by atoms with Crippen LogP contribution in [0, 0.1) is 0 Å². The Morgan fingerprint density at radius 3 is 2.00 bits per heavy atom. The van der Waals surface area contributed by atoms with E-state index in [1.807, 2.05) is 13.8 Å². The van der Waals surface area contributed by atoms with E-state index in [0.717, 1.165) is 0 Å². The molecule has 2 heteroatoms. The molecule has 1 aliphatic heterocycles. The van der Waals surface area contributed by atoms with Gasteiger partial charge in [-0.3, -0.25) is 0 Å². The summed E-state index contributed by atoms with van der Waals surface area (Å²) < 4.78 is 5.12. The summed E-state index contributed by atoms with van der Waals surface area (Å²) in [6.07, 6.45) is -0.243. The molecule has 1 heterocycles. The molecule has 2 nitrogen and oxygen atoms in total. The molecule has 0 aromatic carbocycles. The number of ether oxygens (including phenoxy) is 1. The van der Waals surface area contributed by atoms with Crippen molar-refractivity contribution >= 4 is 0 Å². The second-order valence-corrected chi connectivity index (χ2v) is 2.88. The van der Waals surface area contributed by atoms with Crippen LogP contribution in [-0.2, 0) is 4.74 Å². The lowest BCUT2D eigenvalue weighted by atomic mass is 10.1. The first-order valence-corrected chi connectivity index (χ1v) is 2.90. The molecule has 2 unspecified atom stereocenters. The smallest absolute Gasteiger partial charge is 0.112 e. The lowest BCUT2D eigenvalue weighted by Gasteiger charge is -1.97. The van der Waals surface area contributed by atoms with Gasteiger partial charge < -0.3 is 9.84 Å². The van der Waals surface area contributed by atoms with Crippen molar-refractivity contribution in [1.29, 1.82) is 0 Å². The first kappa shape index (κ1) is 6.05. The minimum absolute atomic E-state index is 0.0613. The molecular formula is C6H12O2. The summed E-state index contributed by atoms with van der Waals surface area (Å²) in [5.74, 6) is 0. The highest BCUT2D eigenvalue weighted by molar-refractivity contribution is 4.97. The van der Waals surface area contributed by atoms with E-state index >= 15 is 0 Å². The average molecular weight is 116 g/mol. The van der Waals surface area contributed by atoms with Gasteiger partial charge in [0.05, 0.1) is 11.7 Å². The number of epoxide rings is 1. The standard InChI is InChI=1S/C6H12O2/c1-4(7)5-6(2,3)8-5/h4-5,7H,1-3H3. The lowest BCUT2D eigenvalue weighted by Crippen LogP contribution is -2.15. The molecule has 0 aromatic heterocycles. The van der Waals surface area contributed by atoms with Gasteiger partial charge in [0.25, 0.3) is 0 Å². The molecule has 1 fully saturated rings. The first-order chi connectivity index (χ1) is 3.54. The molecule has 0 saturated carbocycles. The number of hydrogen-bond acceptors (Lipinski definition) is 2. The van der Waals surface area contributed by atoms with Crippen LogP contribution < -0.4 is 0 Å². The van der Waals surface area contributed by atoms with Crippen LogP contribution in [0.3, 0.4) is 0 Å². The number of hydrogen-bond donors (Lipinski definition) is 1. The highest BCUT2D eigenvalue weighted by atomic mass is 16.6. The van der Waals surface area contributed by atoms with E-state index in [1.54, 1.807) is 6.92 Å². The van der Waals surface area contributed by atoms with Crippen molar-refractivity contribution in [2.45, 2.75) is 38.6 Å². The van der Waals surface area contributed by atoms with E-state index in [4.69, 9.17) is 9.84 Å². The Labute approximate surface area is 49.5 Å². The van der Waals surface area contributed by atoms with Gasteiger partial charge in [0.15, 0.2) is 0 Å². The third-order valence-corrected chi connectivity index (χ3v) is 1.50. The van der Waals surface area contributed by atoms with E-state index in [1.165, 1.54) is 0 Å². The fourth-order valence-electron chi connectivity index (χ4n) is 0.973. The second-order valence-electron chi connectivity index (χ2n) is 2.88. The predicted octanol–water partition coefficient (Wildman–Crippen LogP) is 0.545. The Hall–Kier alpha value is -0.0800. The molecule has 1 rings (SSSR count). The van der Waals surface area contributed by atoms with Crippen LogP contribution in [0.2, 0.25) is 0 Å². The van der Waals surface area contributed by atoms with Gasteiger partial charge in [0.2, 0.25) is 0 Å². The van der Waals surface area contributed by atoms with Crippen LogP contribution >= 0.6 is 0 Å². The van der Waals surface area contributed by atoms with Crippen LogP contribution in [0.4, 0.5) is 0 Å². The van der Waals surface area contributed by atoms with Gasteiger partial charge in [0, 0.05) is 0 Å². The van der Waals surface area contributed by atoms with Crippen molar-refractivity contribution in [2.24, 2.45) is 0 Å². The van der Waals surface area contributed by atoms with Gasteiger partial charge in [-0.1, -0.05) is 0 Å². The minimum atomic E-state index is -0.315. The molecular weight excluding hydrogens is 104 g/mol. The normalized spacial score (nSPS) is 36.8. The van der Waals surface area contributed by atoms with Gasteiger partial charge in [-0.05, 0) is 20.8 Å². The highest BCUT2D eigenvalue weighted by Gasteiger charge is 2.50. The van der Waals surface area contributed by atoms with Gasteiger partial charge in [-0.2, -0.15) is 0 Å². The first-order valence-electron chi connectivity index (χ1n) is 2.90.